The minimum absolute atomic E-state index is 0.0932. The molecule has 0 fully saturated rings. The second kappa shape index (κ2) is 8.69. The van der Waals surface area contributed by atoms with E-state index in [9.17, 15) is 4.79 Å². The first-order valence-electron chi connectivity index (χ1n) is 7.78. The normalized spacial score (nSPS) is 10.6. The Kier molecular flexibility index (Phi) is 6.09. The largest absolute Gasteiger partial charge is 0.403 e. The van der Waals surface area contributed by atoms with Gasteiger partial charge in [0.2, 0.25) is 11.8 Å². The molecule has 3 aromatic rings. The van der Waals surface area contributed by atoms with E-state index in [0.717, 1.165) is 12.2 Å². The smallest absolute Gasteiger partial charge is 0.322 e. The SMILES string of the molecule is O=C(CCCSc1ccccc1)Nc1nnc(-c2cccc(Cl)c2)o1. The molecule has 5 nitrogen and oxygen atoms in total. The third-order valence-corrected chi connectivity index (χ3v) is 4.64. The Morgan fingerprint density at radius 1 is 1.12 bits per heavy atom. The molecule has 0 spiro atoms. The molecule has 3 rings (SSSR count). The van der Waals surface area contributed by atoms with Crippen molar-refractivity contribution in [3.63, 3.8) is 0 Å². The molecule has 2 aromatic carbocycles. The lowest BCUT2D eigenvalue weighted by Crippen LogP contribution is -2.11. The topological polar surface area (TPSA) is 68.0 Å². The lowest BCUT2D eigenvalue weighted by Gasteiger charge is -2.02. The van der Waals surface area contributed by atoms with Crippen molar-refractivity contribution in [3.8, 4) is 11.5 Å². The number of nitrogens with zero attached hydrogens (tertiary/aromatic N) is 2. The predicted molar refractivity (Wildman–Crippen MR) is 99.8 cm³/mol. The summed E-state index contributed by atoms with van der Waals surface area (Å²) in [6.07, 6.45) is 1.16. The van der Waals surface area contributed by atoms with E-state index in [0.29, 0.717) is 22.9 Å². The summed E-state index contributed by atoms with van der Waals surface area (Å²) in [6.45, 7) is 0. The highest BCUT2D eigenvalue weighted by atomic mass is 35.5. The summed E-state index contributed by atoms with van der Waals surface area (Å²) in [5, 5.41) is 11.0. The van der Waals surface area contributed by atoms with E-state index >= 15 is 0 Å². The monoisotopic (exact) mass is 373 g/mol. The van der Waals surface area contributed by atoms with Gasteiger partial charge in [-0.15, -0.1) is 16.9 Å². The van der Waals surface area contributed by atoms with Crippen LogP contribution < -0.4 is 5.32 Å². The number of hydrogen-bond acceptors (Lipinski definition) is 5. The van der Waals surface area contributed by atoms with Crippen LogP contribution in [0.25, 0.3) is 11.5 Å². The minimum Gasteiger partial charge on any atom is -0.403 e. The van der Waals surface area contributed by atoms with Gasteiger partial charge in [-0.2, -0.15) is 0 Å². The maximum absolute atomic E-state index is 12.0. The van der Waals surface area contributed by atoms with Gasteiger partial charge in [0.25, 0.3) is 0 Å². The standard InChI is InChI=1S/C18H16ClN3O2S/c19-14-7-4-6-13(12-14)17-21-22-18(24-17)20-16(23)10-5-11-25-15-8-2-1-3-9-15/h1-4,6-9,12H,5,10-11H2,(H,20,22,23). The quantitative estimate of drug-likeness (QED) is 0.471. The van der Waals surface area contributed by atoms with Crippen molar-refractivity contribution < 1.29 is 9.21 Å². The van der Waals surface area contributed by atoms with Gasteiger partial charge in [0.05, 0.1) is 0 Å². The molecule has 1 heterocycles. The highest BCUT2D eigenvalue weighted by Gasteiger charge is 2.11. The molecule has 0 unspecified atom stereocenters. The second-order valence-electron chi connectivity index (χ2n) is 5.24. The molecular weight excluding hydrogens is 358 g/mol. The number of carbonyl (C=O) groups is 1. The Balaban J connectivity index is 1.45. The number of aromatic nitrogens is 2. The van der Waals surface area contributed by atoms with E-state index in [1.54, 1.807) is 30.0 Å². The Labute approximate surface area is 154 Å². The van der Waals surface area contributed by atoms with E-state index in [2.05, 4.69) is 27.6 Å². The van der Waals surface area contributed by atoms with Crippen molar-refractivity contribution in [1.29, 1.82) is 0 Å². The average molecular weight is 374 g/mol. The Bertz CT molecular complexity index is 839. The number of carbonyl (C=O) groups excluding carboxylic acids is 1. The third-order valence-electron chi connectivity index (χ3n) is 3.30. The highest BCUT2D eigenvalue weighted by Crippen LogP contribution is 2.23. The molecule has 128 valence electrons. The van der Waals surface area contributed by atoms with Crippen LogP contribution in [-0.4, -0.2) is 21.9 Å². The molecule has 1 N–H and O–H groups in total. The molecule has 0 atom stereocenters. The molecule has 25 heavy (non-hydrogen) atoms. The van der Waals surface area contributed by atoms with E-state index in [4.69, 9.17) is 16.0 Å². The Morgan fingerprint density at radius 2 is 1.96 bits per heavy atom. The van der Waals surface area contributed by atoms with Crippen LogP contribution in [0.3, 0.4) is 0 Å². The molecule has 0 aliphatic heterocycles. The van der Waals surface area contributed by atoms with Gasteiger partial charge in [-0.25, -0.2) is 0 Å². The van der Waals surface area contributed by atoms with Crippen LogP contribution in [0.4, 0.5) is 6.01 Å². The minimum atomic E-state index is -0.144. The lowest BCUT2D eigenvalue weighted by atomic mass is 10.2. The molecule has 0 aliphatic carbocycles. The van der Waals surface area contributed by atoms with Crippen LogP contribution >= 0.6 is 23.4 Å². The summed E-state index contributed by atoms with van der Waals surface area (Å²) < 4.78 is 5.45. The molecule has 1 aromatic heterocycles. The van der Waals surface area contributed by atoms with E-state index in [1.807, 2.05) is 24.3 Å². The molecule has 7 heteroatoms. The number of halogens is 1. The van der Waals surface area contributed by atoms with E-state index in [1.165, 1.54) is 4.90 Å². The number of thioether (sulfide) groups is 1. The fourth-order valence-electron chi connectivity index (χ4n) is 2.13. The lowest BCUT2D eigenvalue weighted by molar-refractivity contribution is -0.116. The van der Waals surface area contributed by atoms with Crippen LogP contribution in [-0.2, 0) is 4.79 Å². The zero-order chi connectivity index (χ0) is 17.5. The molecule has 0 saturated carbocycles. The van der Waals surface area contributed by atoms with Crippen LogP contribution in [0.5, 0.6) is 0 Å². The van der Waals surface area contributed by atoms with E-state index < -0.39 is 0 Å². The molecule has 0 saturated heterocycles. The fourth-order valence-corrected chi connectivity index (χ4v) is 3.20. The van der Waals surface area contributed by atoms with Crippen LogP contribution in [0.15, 0.2) is 63.9 Å². The summed E-state index contributed by atoms with van der Waals surface area (Å²) >= 11 is 7.67. The number of nitrogens with one attached hydrogen (secondary N) is 1. The van der Waals surface area contributed by atoms with E-state index in [-0.39, 0.29) is 11.9 Å². The summed E-state index contributed by atoms with van der Waals surface area (Å²) in [6, 6.07) is 17.3. The third kappa shape index (κ3) is 5.34. The summed E-state index contributed by atoms with van der Waals surface area (Å²) in [5.41, 5.74) is 0.708. The maximum atomic E-state index is 12.0. The van der Waals surface area contributed by atoms with Gasteiger partial charge in [-0.3, -0.25) is 10.1 Å². The zero-order valence-corrected chi connectivity index (χ0v) is 14.9. The van der Waals surface area contributed by atoms with Crippen molar-refractivity contribution in [1.82, 2.24) is 10.2 Å². The van der Waals surface area contributed by atoms with Crippen molar-refractivity contribution in [3.05, 3.63) is 59.6 Å². The number of anilines is 1. The predicted octanol–water partition coefficient (Wildman–Crippen LogP) is 4.90. The summed E-state index contributed by atoms with van der Waals surface area (Å²) in [7, 11) is 0. The van der Waals surface area contributed by atoms with Gasteiger partial charge in [-0.05, 0) is 42.5 Å². The van der Waals surface area contributed by atoms with Crippen molar-refractivity contribution >= 4 is 35.3 Å². The van der Waals surface area contributed by atoms with Crippen LogP contribution in [0.2, 0.25) is 5.02 Å². The van der Waals surface area contributed by atoms with Crippen molar-refractivity contribution in [2.75, 3.05) is 11.1 Å². The number of benzene rings is 2. The Hall–Kier alpha value is -2.31. The number of amides is 1. The average Bonchev–Trinajstić information content (AvgIpc) is 3.08. The van der Waals surface area contributed by atoms with Gasteiger partial charge in [0, 0.05) is 21.9 Å². The second-order valence-corrected chi connectivity index (χ2v) is 6.84. The van der Waals surface area contributed by atoms with Gasteiger partial charge >= 0.3 is 6.01 Å². The Morgan fingerprint density at radius 3 is 2.76 bits per heavy atom. The van der Waals surface area contributed by atoms with Crippen molar-refractivity contribution in [2.24, 2.45) is 0 Å². The maximum Gasteiger partial charge on any atom is 0.322 e. The first-order chi connectivity index (χ1) is 12.2. The summed E-state index contributed by atoms with van der Waals surface area (Å²) in [4.78, 5) is 13.2. The van der Waals surface area contributed by atoms with Crippen LogP contribution in [0, 0.1) is 0 Å². The zero-order valence-electron chi connectivity index (χ0n) is 13.3. The molecule has 0 bridgehead atoms. The van der Waals surface area contributed by atoms with Crippen molar-refractivity contribution in [2.45, 2.75) is 17.7 Å². The first kappa shape index (κ1) is 17.5. The molecule has 0 aliphatic rings. The molecule has 0 radical (unpaired) electrons. The fraction of sp³-hybridized carbons (Fsp3) is 0.167. The molecule has 1 amide bonds. The highest BCUT2D eigenvalue weighted by molar-refractivity contribution is 7.99. The number of hydrogen-bond donors (Lipinski definition) is 1. The van der Waals surface area contributed by atoms with Crippen LogP contribution in [0.1, 0.15) is 12.8 Å². The molecular formula is C18H16ClN3O2S. The van der Waals surface area contributed by atoms with Gasteiger partial charge in [0.15, 0.2) is 0 Å². The first-order valence-corrected chi connectivity index (χ1v) is 9.14. The van der Waals surface area contributed by atoms with Gasteiger partial charge in [-0.1, -0.05) is 41.0 Å². The van der Waals surface area contributed by atoms with Gasteiger partial charge < -0.3 is 4.42 Å². The number of rotatable bonds is 7. The summed E-state index contributed by atoms with van der Waals surface area (Å²) in [5.74, 6) is 1.04. The van der Waals surface area contributed by atoms with Gasteiger partial charge in [0.1, 0.15) is 0 Å².